The van der Waals surface area contributed by atoms with Gasteiger partial charge in [0.15, 0.2) is 0 Å². The largest absolute Gasteiger partial charge is 0.465 e. The van der Waals surface area contributed by atoms with E-state index >= 15 is 0 Å². The van der Waals surface area contributed by atoms with Crippen LogP contribution in [0.4, 0.5) is 4.39 Å². The van der Waals surface area contributed by atoms with E-state index in [1.54, 1.807) is 12.1 Å². The molecule has 142 valence electrons. The normalized spacial score (nSPS) is 16.5. The summed E-state index contributed by atoms with van der Waals surface area (Å²) in [4.78, 5) is 4.90. The highest BCUT2D eigenvalue weighted by Gasteiger charge is 2.20. The minimum Gasteiger partial charge on any atom is -0.465 e. The van der Waals surface area contributed by atoms with Crippen LogP contribution >= 0.6 is 0 Å². The van der Waals surface area contributed by atoms with Gasteiger partial charge in [-0.25, -0.2) is 4.39 Å². The molecule has 3 rings (SSSR count). The fourth-order valence-corrected chi connectivity index (χ4v) is 3.84. The summed E-state index contributed by atoms with van der Waals surface area (Å²) >= 11 is 0. The average molecular weight is 359 g/mol. The summed E-state index contributed by atoms with van der Waals surface area (Å²) in [6, 6.07) is 11.2. The van der Waals surface area contributed by atoms with Crippen LogP contribution in [0, 0.1) is 11.7 Å². The molecule has 1 aromatic carbocycles. The van der Waals surface area contributed by atoms with Crippen LogP contribution in [0.25, 0.3) is 0 Å². The van der Waals surface area contributed by atoms with Crippen molar-refractivity contribution in [3.63, 3.8) is 0 Å². The van der Waals surface area contributed by atoms with Crippen LogP contribution in [0.3, 0.4) is 0 Å². The van der Waals surface area contributed by atoms with Gasteiger partial charge in [-0.1, -0.05) is 19.1 Å². The smallest absolute Gasteiger partial charge is 0.123 e. The van der Waals surface area contributed by atoms with E-state index < -0.39 is 0 Å². The molecule has 1 aliphatic rings. The second-order valence-corrected chi connectivity index (χ2v) is 7.58. The summed E-state index contributed by atoms with van der Waals surface area (Å²) in [7, 11) is 2.18. The first-order valence-electron chi connectivity index (χ1n) is 9.85. The maximum atomic E-state index is 13.3. The fourth-order valence-electron chi connectivity index (χ4n) is 3.84. The van der Waals surface area contributed by atoms with E-state index in [9.17, 15) is 4.39 Å². The molecule has 0 amide bonds. The number of nitrogens with zero attached hydrogens (tertiary/aromatic N) is 2. The lowest BCUT2D eigenvalue weighted by atomic mass is 9.96. The summed E-state index contributed by atoms with van der Waals surface area (Å²) < 4.78 is 19.1. The molecule has 3 nitrogen and oxygen atoms in total. The van der Waals surface area contributed by atoms with E-state index in [0.717, 1.165) is 68.6 Å². The monoisotopic (exact) mass is 358 g/mol. The van der Waals surface area contributed by atoms with Crippen molar-refractivity contribution in [2.24, 2.45) is 5.92 Å². The summed E-state index contributed by atoms with van der Waals surface area (Å²) in [5, 5.41) is 0. The van der Waals surface area contributed by atoms with E-state index in [0.29, 0.717) is 0 Å². The van der Waals surface area contributed by atoms with Crippen LogP contribution in [-0.4, -0.2) is 43.0 Å². The molecule has 1 aliphatic heterocycles. The van der Waals surface area contributed by atoms with Gasteiger partial charge in [0.2, 0.25) is 0 Å². The Hall–Kier alpha value is -1.65. The van der Waals surface area contributed by atoms with Crippen LogP contribution in [0.15, 0.2) is 40.8 Å². The Labute approximate surface area is 156 Å². The molecule has 0 spiro atoms. The Morgan fingerprint density at radius 1 is 1.15 bits per heavy atom. The van der Waals surface area contributed by atoms with Gasteiger partial charge in [0, 0.05) is 19.5 Å². The fraction of sp³-hybridized carbons (Fsp3) is 0.545. The minimum atomic E-state index is -0.133. The summed E-state index contributed by atoms with van der Waals surface area (Å²) in [6.07, 6.45) is 4.37. The SMILES string of the molecule is CCc1ccc(CN(C)CC2CCN(CCc3cccc(F)c3)CC2)o1. The van der Waals surface area contributed by atoms with E-state index in [4.69, 9.17) is 4.42 Å². The third-order valence-electron chi connectivity index (χ3n) is 5.37. The number of furan rings is 1. The number of benzene rings is 1. The van der Waals surface area contributed by atoms with Crippen molar-refractivity contribution >= 4 is 0 Å². The van der Waals surface area contributed by atoms with Crippen molar-refractivity contribution in [3.8, 4) is 0 Å². The number of rotatable bonds is 8. The average Bonchev–Trinajstić information content (AvgIpc) is 3.08. The second-order valence-electron chi connectivity index (χ2n) is 7.58. The molecule has 0 saturated carbocycles. The maximum absolute atomic E-state index is 13.3. The van der Waals surface area contributed by atoms with Crippen LogP contribution in [0.5, 0.6) is 0 Å². The van der Waals surface area contributed by atoms with Crippen LogP contribution < -0.4 is 0 Å². The maximum Gasteiger partial charge on any atom is 0.123 e. The van der Waals surface area contributed by atoms with Gasteiger partial charge in [-0.15, -0.1) is 0 Å². The first-order valence-corrected chi connectivity index (χ1v) is 9.85. The Kier molecular flexibility index (Phi) is 6.86. The Balaban J connectivity index is 1.36. The summed E-state index contributed by atoms with van der Waals surface area (Å²) in [6.45, 7) is 7.45. The summed E-state index contributed by atoms with van der Waals surface area (Å²) in [5.74, 6) is 2.76. The number of hydrogen-bond donors (Lipinski definition) is 0. The zero-order chi connectivity index (χ0) is 18.4. The molecular formula is C22H31FN2O. The zero-order valence-electron chi connectivity index (χ0n) is 16.1. The Bertz CT molecular complexity index is 676. The van der Waals surface area contributed by atoms with Crippen molar-refractivity contribution < 1.29 is 8.81 Å². The molecule has 0 radical (unpaired) electrons. The summed E-state index contributed by atoms with van der Waals surface area (Å²) in [5.41, 5.74) is 1.09. The molecule has 0 unspecified atom stereocenters. The van der Waals surface area contributed by atoms with Crippen LogP contribution in [0.2, 0.25) is 0 Å². The van der Waals surface area contributed by atoms with Crippen LogP contribution in [0.1, 0.15) is 36.8 Å². The first-order chi connectivity index (χ1) is 12.6. The first kappa shape index (κ1) is 19.1. The molecule has 1 aromatic heterocycles. The standard InChI is InChI=1S/C22H31FN2O/c1-3-21-7-8-22(26-21)17-24(2)16-19-10-13-25(14-11-19)12-9-18-5-4-6-20(23)15-18/h4-8,15,19H,3,9-14,16-17H2,1-2H3. The Morgan fingerprint density at radius 3 is 2.62 bits per heavy atom. The highest BCUT2D eigenvalue weighted by atomic mass is 19.1. The molecule has 0 atom stereocenters. The van der Waals surface area contributed by atoms with Gasteiger partial charge < -0.3 is 9.32 Å². The lowest BCUT2D eigenvalue weighted by Gasteiger charge is -2.33. The van der Waals surface area contributed by atoms with Crippen molar-refractivity contribution in [1.29, 1.82) is 0 Å². The molecule has 26 heavy (non-hydrogen) atoms. The van der Waals surface area contributed by atoms with Crippen molar-refractivity contribution in [2.45, 2.75) is 39.2 Å². The predicted octanol–water partition coefficient (Wildman–Crippen LogP) is 4.37. The molecule has 4 heteroatoms. The van der Waals surface area contributed by atoms with Gasteiger partial charge in [-0.3, -0.25) is 4.90 Å². The van der Waals surface area contributed by atoms with Gasteiger partial charge in [-0.05, 0) is 75.1 Å². The van der Waals surface area contributed by atoms with Crippen molar-refractivity contribution in [2.75, 3.05) is 33.2 Å². The number of likely N-dealkylation sites (tertiary alicyclic amines) is 1. The molecule has 1 fully saturated rings. The van der Waals surface area contributed by atoms with Gasteiger partial charge in [0.1, 0.15) is 17.3 Å². The predicted molar refractivity (Wildman–Crippen MR) is 104 cm³/mol. The molecule has 2 heterocycles. The third kappa shape index (κ3) is 5.68. The highest BCUT2D eigenvalue weighted by Crippen LogP contribution is 2.20. The molecule has 1 saturated heterocycles. The van der Waals surface area contributed by atoms with Gasteiger partial charge in [0.05, 0.1) is 6.54 Å². The number of halogens is 1. The minimum absolute atomic E-state index is 0.133. The van der Waals surface area contributed by atoms with Crippen molar-refractivity contribution in [1.82, 2.24) is 9.80 Å². The zero-order valence-corrected chi connectivity index (χ0v) is 16.1. The van der Waals surface area contributed by atoms with Crippen LogP contribution in [-0.2, 0) is 19.4 Å². The number of piperidine rings is 1. The number of aryl methyl sites for hydroxylation is 1. The van der Waals surface area contributed by atoms with Gasteiger partial charge in [-0.2, -0.15) is 0 Å². The Morgan fingerprint density at radius 2 is 1.92 bits per heavy atom. The lowest BCUT2D eigenvalue weighted by molar-refractivity contribution is 0.150. The van der Waals surface area contributed by atoms with E-state index in [1.165, 1.54) is 18.9 Å². The highest BCUT2D eigenvalue weighted by molar-refractivity contribution is 5.16. The quantitative estimate of drug-likeness (QED) is 0.699. The topological polar surface area (TPSA) is 19.6 Å². The molecule has 2 aromatic rings. The van der Waals surface area contributed by atoms with Gasteiger partial charge in [0.25, 0.3) is 0 Å². The van der Waals surface area contributed by atoms with Crippen molar-refractivity contribution in [3.05, 3.63) is 59.3 Å². The molecule has 0 N–H and O–H groups in total. The second kappa shape index (κ2) is 9.33. The number of hydrogen-bond acceptors (Lipinski definition) is 3. The van der Waals surface area contributed by atoms with Gasteiger partial charge >= 0.3 is 0 Å². The van der Waals surface area contributed by atoms with E-state index in [1.807, 2.05) is 6.07 Å². The van der Waals surface area contributed by atoms with E-state index in [2.05, 4.69) is 35.9 Å². The van der Waals surface area contributed by atoms with E-state index in [-0.39, 0.29) is 5.82 Å². The molecule has 0 bridgehead atoms. The molecular weight excluding hydrogens is 327 g/mol. The molecule has 0 aliphatic carbocycles. The third-order valence-corrected chi connectivity index (χ3v) is 5.37. The lowest BCUT2D eigenvalue weighted by Crippen LogP contribution is -2.38.